The number of nitrogens with one attached hydrogen (secondary N) is 4. The lowest BCUT2D eigenvalue weighted by atomic mass is 10.4. The maximum atomic E-state index is 13.3. The maximum Gasteiger partial charge on any atom is 0.473 e. The van der Waals surface area contributed by atoms with Crippen molar-refractivity contribution in [3.05, 3.63) is 0 Å². The van der Waals surface area contributed by atoms with Crippen LogP contribution >= 0.6 is 76.1 Å². The smallest absolute Gasteiger partial charge is 0.385 e. The van der Waals surface area contributed by atoms with Crippen molar-refractivity contribution in [2.24, 2.45) is 0 Å². The van der Waals surface area contributed by atoms with Gasteiger partial charge in [-0.1, -0.05) is 21.6 Å². The highest BCUT2D eigenvalue weighted by Gasteiger charge is 2.37. The maximum absolute atomic E-state index is 13.3. The molecule has 0 saturated carbocycles. The Bertz CT molecular complexity index is 2340. The molecular formula is C46H104FN4O42P7S2. The summed E-state index contributed by atoms with van der Waals surface area (Å²) in [5.74, 6) is -0.326. The summed E-state index contributed by atoms with van der Waals surface area (Å²) in [7, 11) is -27.1. The molecule has 0 fully saturated rings. The summed E-state index contributed by atoms with van der Waals surface area (Å²) in [4.78, 5) is 71.4. The first-order valence-electron chi connectivity index (χ1n) is 30.6. The van der Waals surface area contributed by atoms with Gasteiger partial charge in [-0.25, -0.2) is 27.4 Å². The molecule has 0 amide bonds. The minimum atomic E-state index is -5.36. The van der Waals surface area contributed by atoms with E-state index in [4.69, 9.17) is 131 Å². The molecule has 0 aromatic rings. The van der Waals surface area contributed by atoms with E-state index in [1.807, 2.05) is 0 Å². The van der Waals surface area contributed by atoms with Crippen molar-refractivity contribution in [2.45, 2.75) is 24.4 Å². The molecule has 11 unspecified atom stereocenters. The van der Waals surface area contributed by atoms with E-state index in [1.165, 1.54) is 21.1 Å². The Kier molecular flexibility index (Phi) is 65.7. The van der Waals surface area contributed by atoms with Crippen LogP contribution in [0.4, 0.5) is 4.48 Å². The summed E-state index contributed by atoms with van der Waals surface area (Å²) < 4.78 is 239. The van der Waals surface area contributed by atoms with Crippen molar-refractivity contribution in [3.8, 4) is 0 Å². The van der Waals surface area contributed by atoms with Crippen LogP contribution in [0.15, 0.2) is 0 Å². The number of aliphatic hydroxyl groups is 1. The van der Waals surface area contributed by atoms with Crippen molar-refractivity contribution in [1.29, 1.82) is 0 Å². The third kappa shape index (κ3) is 69.8. The van der Waals surface area contributed by atoms with Gasteiger partial charge in [-0.3, -0.25) is 74.8 Å². The number of halogens is 1. The fourth-order valence-electron chi connectivity index (χ4n) is 6.22. The van der Waals surface area contributed by atoms with Gasteiger partial charge in [-0.15, -0.1) is 10.0 Å². The fourth-order valence-corrected chi connectivity index (χ4v) is 13.0. The first-order chi connectivity index (χ1) is 48.5. The number of hydrogen-bond acceptors (Lipinski definition) is 41. The molecule has 0 radical (unpaired) electrons. The normalized spacial score (nSPS) is 17.6. The highest BCUT2D eigenvalue weighted by molar-refractivity contribution is 8.76. The van der Waals surface area contributed by atoms with E-state index in [1.54, 1.807) is 0 Å². The van der Waals surface area contributed by atoms with Crippen LogP contribution < -0.4 is 21.5 Å². The Morgan fingerprint density at radius 3 is 0.775 bits per heavy atom. The van der Waals surface area contributed by atoms with Gasteiger partial charge in [0.2, 0.25) is 0 Å². The second kappa shape index (κ2) is 65.3. The van der Waals surface area contributed by atoms with Crippen molar-refractivity contribution in [1.82, 2.24) is 21.5 Å². The molecule has 46 nitrogen and oxygen atoms in total. The average Bonchev–Trinajstić information content (AvgIpc) is 0.870. The van der Waals surface area contributed by atoms with E-state index in [0.29, 0.717) is 0 Å². The number of hydrogen-bond donors (Lipinski definition) is 12. The Hall–Kier alpha value is 0.680. The Morgan fingerprint density at radius 1 is 0.294 bits per heavy atom. The van der Waals surface area contributed by atoms with E-state index in [2.05, 4.69) is 20.5 Å². The lowest BCUT2D eigenvalue weighted by Crippen LogP contribution is -2.30. The van der Waals surface area contributed by atoms with Gasteiger partial charge in [-0.05, 0) is 21.1 Å². The highest BCUT2D eigenvalue weighted by atomic mass is 33.1. The highest BCUT2D eigenvalue weighted by Crippen LogP contribution is 2.52. The van der Waals surface area contributed by atoms with Gasteiger partial charge in [0.25, 0.3) is 0 Å². The van der Waals surface area contributed by atoms with Crippen LogP contribution in [-0.4, -0.2) is 342 Å². The van der Waals surface area contributed by atoms with Gasteiger partial charge in [-0.2, -0.15) is 0 Å². The summed E-state index contributed by atoms with van der Waals surface area (Å²) in [6.07, 6.45) is -6.81. The first kappa shape index (κ1) is 103. The molecular weight excluding hydrogens is 1580 g/mol. The number of ether oxygens (including phenoxy) is 14. The molecule has 0 heterocycles. The van der Waals surface area contributed by atoms with Crippen LogP contribution in [0.2, 0.25) is 0 Å². The minimum Gasteiger partial charge on any atom is -0.385 e. The van der Waals surface area contributed by atoms with Gasteiger partial charge in [0.15, 0.2) is 0 Å². The van der Waals surface area contributed by atoms with Crippen LogP contribution in [0.3, 0.4) is 0 Å². The van der Waals surface area contributed by atoms with Crippen LogP contribution in [0.5, 0.6) is 0 Å². The summed E-state index contributed by atoms with van der Waals surface area (Å²) in [6.45, 7) is -5.07. The molecule has 0 rings (SSSR count). The molecule has 0 aliphatic heterocycles. The van der Waals surface area contributed by atoms with E-state index in [0.717, 1.165) is 33.8 Å². The number of rotatable bonds is 81. The van der Waals surface area contributed by atoms with Crippen molar-refractivity contribution >= 4 is 76.1 Å². The Labute approximate surface area is 598 Å². The fraction of sp³-hybridized carbons (Fsp3) is 1.00. The summed E-state index contributed by atoms with van der Waals surface area (Å²) >= 11 is 0. The lowest BCUT2D eigenvalue weighted by Gasteiger charge is -2.26. The predicted octanol–water partition coefficient (Wildman–Crippen LogP) is 0.578. The third-order valence-corrected chi connectivity index (χ3v) is 18.9. The molecule has 0 spiro atoms. The quantitative estimate of drug-likeness (QED) is 0.0130. The van der Waals surface area contributed by atoms with Crippen molar-refractivity contribution in [3.63, 3.8) is 0 Å². The molecule has 0 saturated heterocycles. The number of aliphatic hydroxyl groups excluding tert-OH is 1. The van der Waals surface area contributed by atoms with Gasteiger partial charge >= 0.3 is 54.5 Å². The molecule has 56 heteroatoms. The van der Waals surface area contributed by atoms with Crippen LogP contribution in [0, 0.1) is 0 Å². The summed E-state index contributed by atoms with van der Waals surface area (Å²) in [6, 6.07) is 0. The van der Waals surface area contributed by atoms with Gasteiger partial charge in [0.05, 0.1) is 238 Å². The average molecular weight is 1690 g/mol. The number of phosphoric ester groups is 6. The molecule has 12 N–H and O–H groups in total. The second-order valence-electron chi connectivity index (χ2n) is 19.0. The van der Waals surface area contributed by atoms with Crippen LogP contribution in [-0.2, 0) is 157 Å². The molecule has 0 bridgehead atoms. The topological polar surface area (TPSA) is 579 Å². The van der Waals surface area contributed by atoms with Crippen molar-refractivity contribution < 1.29 is 201 Å². The van der Waals surface area contributed by atoms with E-state index in [-0.39, 0.29) is 177 Å². The molecule has 614 valence electrons. The third-order valence-electron chi connectivity index (χ3n) is 10.3. The molecule has 0 aliphatic rings. The van der Waals surface area contributed by atoms with Crippen LogP contribution in [0.1, 0.15) is 0 Å². The first-order valence-corrected chi connectivity index (χ1v) is 44.0. The van der Waals surface area contributed by atoms with Crippen LogP contribution in [0.25, 0.3) is 0 Å². The van der Waals surface area contributed by atoms with Gasteiger partial charge in [0.1, 0.15) is 37.1 Å². The summed E-state index contributed by atoms with van der Waals surface area (Å²) in [5, 5.41) is 16.6. The summed E-state index contributed by atoms with van der Waals surface area (Å²) in [5.41, 5.74) is 1.15. The van der Waals surface area contributed by atoms with E-state index >= 15 is 0 Å². The SMILES string of the molecule is CNCOCC(COP(=O)(O)OC(COCNC)COP(=O)(O)OC(COCNC)COP(=O)(O)OC(COCNF)COP(=O)(O)OCCOCCOCCOCCOCCOCCOP(=O)(O)OCSSCO)OP(=O)(O)OCCOCCOCCOCCOCCOCCOP(C)(=O)O. The lowest BCUT2D eigenvalue weighted by molar-refractivity contribution is -0.0385. The zero-order valence-corrected chi connectivity index (χ0v) is 64.9. The number of phosphoric acid groups is 6. The molecule has 0 aromatic carbocycles. The Balaban J connectivity index is 5.08. The predicted molar refractivity (Wildman–Crippen MR) is 353 cm³/mol. The molecule has 0 aliphatic carbocycles. The Morgan fingerprint density at radius 2 is 0.520 bits per heavy atom. The zero-order valence-electron chi connectivity index (χ0n) is 57.0. The zero-order chi connectivity index (χ0) is 76.0. The van der Waals surface area contributed by atoms with Gasteiger partial charge < -0.3 is 110 Å². The second-order valence-corrected chi connectivity index (χ2v) is 31.8. The largest absolute Gasteiger partial charge is 0.473 e. The molecule has 0 aromatic heterocycles. The van der Waals surface area contributed by atoms with Gasteiger partial charge in [0, 0.05) is 6.66 Å². The standard InChI is InChI=1S/C46H104FN4O42P7S2/c1-48-37-77-29-43(90-97(59,60)84-28-24-76-20-16-72-12-8-67-5-9-69-13-17-73-21-25-81-94(4,53)54)34-86-98(61,62)91-44(30-78-38-49-2)35-87-99(63,64)92-45(31-79-39-50-3)36-88-100(65,66)93-46(32-80-40-51-47)33-85-95(55,56)82-26-22-74-18-14-70-10-6-68-7-11-71-15-19-75-23-27-83-96(57,58)89-42-102-101-41-52/h43-46,48-52H,5-42H2,1-4H3,(H,53,54)(H,55,56)(H,57,58)(H,59,60)(H,61,62)(H,63,64)(H,65,66). The minimum absolute atomic E-state index is 0.0164. The van der Waals surface area contributed by atoms with E-state index in [9.17, 15) is 65.8 Å². The van der Waals surface area contributed by atoms with Crippen molar-refractivity contribution in [2.75, 3.05) is 278 Å². The molecule has 102 heavy (non-hydrogen) atoms. The monoisotopic (exact) mass is 1680 g/mol. The van der Waals surface area contributed by atoms with E-state index < -0.39 is 152 Å². The molecule has 11 atom stereocenters.